The number of nitrogens with zero attached hydrogens (tertiary/aromatic N) is 2. The van der Waals surface area contributed by atoms with Gasteiger partial charge in [0.05, 0.1) is 5.52 Å². The van der Waals surface area contributed by atoms with E-state index in [9.17, 15) is 14.1 Å². The minimum Gasteiger partial charge on any atom is -0.611 e. The Bertz CT molecular complexity index is 1160. The van der Waals surface area contributed by atoms with Gasteiger partial charge in [-0.25, -0.2) is 9.59 Å². The molecule has 1 aliphatic heterocycles. The third-order valence-corrected chi connectivity index (χ3v) is 6.83. The van der Waals surface area contributed by atoms with E-state index in [0.717, 1.165) is 0 Å². The van der Waals surface area contributed by atoms with Gasteiger partial charge >= 0.3 is 11.9 Å². The van der Waals surface area contributed by atoms with Crippen LogP contribution in [-0.2, 0) is 27.4 Å². The molecule has 1 unspecified atom stereocenters. The van der Waals surface area contributed by atoms with Crippen molar-refractivity contribution in [2.24, 2.45) is 0 Å². The number of benzene rings is 2. The summed E-state index contributed by atoms with van der Waals surface area (Å²) in [6.45, 7) is 2.94. The van der Waals surface area contributed by atoms with Crippen LogP contribution in [-0.4, -0.2) is 64.1 Å². The van der Waals surface area contributed by atoms with E-state index in [1.807, 2.05) is 0 Å². The Morgan fingerprint density at radius 2 is 1.85 bits per heavy atom. The van der Waals surface area contributed by atoms with Gasteiger partial charge in [-0.05, 0) is 47.1 Å². The minimum absolute atomic E-state index is 0.00283. The molecule has 176 valence electrons. The molecular weight excluding hydrogens is 493 g/mol. The van der Waals surface area contributed by atoms with Gasteiger partial charge in [-0.3, -0.25) is 9.88 Å². The van der Waals surface area contributed by atoms with Gasteiger partial charge in [0.15, 0.2) is 10.5 Å². The number of hydroxylamine groups is 2. The van der Waals surface area contributed by atoms with Crippen LogP contribution in [0.4, 0.5) is 4.79 Å². The number of hydrogen-bond donors (Lipinski definition) is 1. The molecule has 0 bridgehead atoms. The number of nitrogens with one attached hydrogen (secondary N) is 1. The lowest BCUT2D eigenvalue weighted by Gasteiger charge is -2.32. The quantitative estimate of drug-likeness (QED) is 0.377. The highest BCUT2D eigenvalue weighted by molar-refractivity contribution is 7.91. The molecule has 2 aromatic carbocycles. The normalized spacial score (nSPS) is 16.1. The number of halogens is 2. The third kappa shape index (κ3) is 6.66. The summed E-state index contributed by atoms with van der Waals surface area (Å²) in [5, 5.41) is 2.47. The largest absolute Gasteiger partial charge is 0.611 e. The van der Waals surface area contributed by atoms with E-state index in [1.54, 1.807) is 41.5 Å². The Balaban J connectivity index is 1.17. The molecule has 2 heterocycles. The maximum Gasteiger partial charge on any atom is 0.528 e. The molecule has 1 atom stereocenters. The number of rotatable bonds is 7. The molecule has 0 spiro atoms. The molecule has 9 nitrogen and oxygen atoms in total. The minimum atomic E-state index is -1.23. The van der Waals surface area contributed by atoms with Crippen LogP contribution in [0, 0.1) is 0 Å². The summed E-state index contributed by atoms with van der Waals surface area (Å²) in [4.78, 5) is 33.8. The fourth-order valence-corrected chi connectivity index (χ4v) is 5.10. The smallest absolute Gasteiger partial charge is 0.528 e. The molecule has 0 aliphatic carbocycles. The molecule has 3 aromatic rings. The lowest BCUT2D eigenvalue weighted by Crippen LogP contribution is -2.48. The maximum absolute atomic E-state index is 12.6. The van der Waals surface area contributed by atoms with Crippen LogP contribution in [0.15, 0.2) is 50.5 Å². The topological polar surface area (TPSA) is 111 Å². The number of hydrogen-bond acceptors (Lipinski definition) is 8. The van der Waals surface area contributed by atoms with E-state index in [2.05, 4.69) is 9.88 Å². The van der Waals surface area contributed by atoms with Gasteiger partial charge < -0.3 is 18.5 Å². The lowest BCUT2D eigenvalue weighted by atomic mass is 10.2. The number of aromatic amines is 1. The second-order valence-corrected chi connectivity index (χ2v) is 9.84. The average molecular weight is 514 g/mol. The number of carbonyl (C=O) groups excluding carboxylic acids is 1. The van der Waals surface area contributed by atoms with Crippen LogP contribution in [0.25, 0.3) is 11.1 Å². The molecule has 1 saturated heterocycles. The summed E-state index contributed by atoms with van der Waals surface area (Å²) < 4.78 is 22.8. The fourth-order valence-electron chi connectivity index (χ4n) is 3.41. The van der Waals surface area contributed by atoms with Crippen LogP contribution < -0.4 is 5.76 Å². The Kier molecular flexibility index (Phi) is 7.84. The predicted molar refractivity (Wildman–Crippen MR) is 124 cm³/mol. The molecule has 12 heteroatoms. The standard InChI is InChI=1S/C21H21Cl2N3O6S/c22-15-9-14(10-16(23)11-15)13-30-21(28)32-26-5-3-25(4-6-26)7-8-33(29)17-1-2-18-19(12-17)31-20(27)24-18/h1-2,9-12H,3-8,13H2,(H,24,27). The number of fused-ring (bicyclic) bond motifs is 1. The second kappa shape index (κ2) is 10.8. The summed E-state index contributed by atoms with van der Waals surface area (Å²) in [5.41, 5.74) is 1.63. The summed E-state index contributed by atoms with van der Waals surface area (Å²) in [7, 11) is 0. The third-order valence-electron chi connectivity index (χ3n) is 5.06. The van der Waals surface area contributed by atoms with Crippen molar-refractivity contribution in [3.63, 3.8) is 0 Å². The number of H-pyrrole nitrogens is 1. The number of piperazine rings is 1. The number of aromatic nitrogens is 1. The first kappa shape index (κ1) is 23.9. The SMILES string of the molecule is O=C(OCc1cc(Cl)cc(Cl)c1)ON1CCN(CC[S+]([O-])c2ccc3[nH]c(=O)oc3c2)CC1. The maximum atomic E-state index is 12.6. The summed E-state index contributed by atoms with van der Waals surface area (Å²) in [5.74, 6) is -0.101. The first-order valence-electron chi connectivity index (χ1n) is 10.1. The zero-order valence-electron chi connectivity index (χ0n) is 17.4. The van der Waals surface area contributed by atoms with Gasteiger partial charge in [-0.15, -0.1) is 5.06 Å². The van der Waals surface area contributed by atoms with Crippen LogP contribution in [0.1, 0.15) is 5.56 Å². The van der Waals surface area contributed by atoms with E-state index in [0.29, 0.717) is 70.1 Å². The highest BCUT2D eigenvalue weighted by atomic mass is 35.5. The molecule has 1 N–H and O–H groups in total. The van der Waals surface area contributed by atoms with E-state index in [1.165, 1.54) is 0 Å². The van der Waals surface area contributed by atoms with Gasteiger partial charge in [0.25, 0.3) is 0 Å². The molecule has 1 fully saturated rings. The first-order valence-corrected chi connectivity index (χ1v) is 12.2. The summed E-state index contributed by atoms with van der Waals surface area (Å²) in [6, 6.07) is 9.95. The van der Waals surface area contributed by atoms with Crippen molar-refractivity contribution >= 4 is 51.6 Å². The fraction of sp³-hybridized carbons (Fsp3) is 0.333. The molecule has 4 rings (SSSR count). The van der Waals surface area contributed by atoms with Crippen molar-refractivity contribution < 1.29 is 23.3 Å². The van der Waals surface area contributed by atoms with Crippen molar-refractivity contribution in [3.8, 4) is 0 Å². The van der Waals surface area contributed by atoms with Crippen molar-refractivity contribution in [2.75, 3.05) is 38.5 Å². The van der Waals surface area contributed by atoms with Crippen molar-refractivity contribution in [2.45, 2.75) is 11.5 Å². The van der Waals surface area contributed by atoms with Crippen LogP contribution >= 0.6 is 23.2 Å². The average Bonchev–Trinajstić information content (AvgIpc) is 3.15. The molecule has 33 heavy (non-hydrogen) atoms. The molecule has 0 saturated carbocycles. The number of oxazole rings is 1. The van der Waals surface area contributed by atoms with Gasteiger partial charge in [-0.1, -0.05) is 23.2 Å². The Morgan fingerprint density at radius 1 is 1.12 bits per heavy atom. The van der Waals surface area contributed by atoms with Gasteiger partial charge in [0, 0.05) is 48.8 Å². The van der Waals surface area contributed by atoms with Gasteiger partial charge in [-0.2, -0.15) is 0 Å². The number of carbonyl (C=O) groups is 1. The van der Waals surface area contributed by atoms with E-state index in [-0.39, 0.29) is 6.61 Å². The Morgan fingerprint density at radius 3 is 2.58 bits per heavy atom. The predicted octanol–water partition coefficient (Wildman–Crippen LogP) is 3.42. The highest BCUT2D eigenvalue weighted by Gasteiger charge is 2.23. The van der Waals surface area contributed by atoms with E-state index in [4.69, 9.17) is 37.2 Å². The van der Waals surface area contributed by atoms with Gasteiger partial charge in [0.2, 0.25) is 0 Å². The van der Waals surface area contributed by atoms with Crippen LogP contribution in [0.5, 0.6) is 0 Å². The Labute approximate surface area is 202 Å². The second-order valence-electron chi connectivity index (χ2n) is 7.40. The van der Waals surface area contributed by atoms with Crippen molar-refractivity contribution in [1.29, 1.82) is 0 Å². The van der Waals surface area contributed by atoms with Crippen LogP contribution in [0.3, 0.4) is 0 Å². The summed E-state index contributed by atoms with van der Waals surface area (Å²) in [6.07, 6.45) is -0.799. The monoisotopic (exact) mass is 513 g/mol. The van der Waals surface area contributed by atoms with E-state index >= 15 is 0 Å². The Hall–Kier alpha value is -2.21. The van der Waals surface area contributed by atoms with Crippen molar-refractivity contribution in [1.82, 2.24) is 14.9 Å². The molecule has 1 aromatic heterocycles. The van der Waals surface area contributed by atoms with E-state index < -0.39 is 23.1 Å². The zero-order chi connectivity index (χ0) is 23.4. The van der Waals surface area contributed by atoms with Gasteiger partial charge in [0.1, 0.15) is 12.4 Å². The highest BCUT2D eigenvalue weighted by Crippen LogP contribution is 2.20. The zero-order valence-corrected chi connectivity index (χ0v) is 19.8. The molecular formula is C21H21Cl2N3O6S. The summed E-state index contributed by atoms with van der Waals surface area (Å²) >= 11 is 10.6. The lowest BCUT2D eigenvalue weighted by molar-refractivity contribution is -0.147. The van der Waals surface area contributed by atoms with Crippen LogP contribution in [0.2, 0.25) is 10.0 Å². The number of ether oxygens (including phenoxy) is 1. The van der Waals surface area contributed by atoms with Crippen molar-refractivity contribution in [3.05, 3.63) is 62.6 Å². The molecule has 0 amide bonds. The molecule has 1 aliphatic rings. The first-order chi connectivity index (χ1) is 15.9. The molecule has 0 radical (unpaired) electrons.